The van der Waals surface area contributed by atoms with Gasteiger partial charge in [-0.1, -0.05) is 12.5 Å². The summed E-state index contributed by atoms with van der Waals surface area (Å²) in [4.78, 5) is 15.4. The summed E-state index contributed by atoms with van der Waals surface area (Å²) in [6.07, 6.45) is 6.41. The van der Waals surface area contributed by atoms with Gasteiger partial charge in [0.1, 0.15) is 10.6 Å². The van der Waals surface area contributed by atoms with Gasteiger partial charge in [0.15, 0.2) is 9.84 Å². The van der Waals surface area contributed by atoms with E-state index in [1.54, 1.807) is 12.1 Å². The molecule has 0 aromatic heterocycles. The molecule has 0 amide bonds. The number of sulfone groups is 1. The van der Waals surface area contributed by atoms with Crippen LogP contribution in [0, 0.1) is 22.0 Å². The van der Waals surface area contributed by atoms with Crippen molar-refractivity contribution in [3.63, 3.8) is 0 Å². The Hall–Kier alpha value is -1.67. The van der Waals surface area contributed by atoms with Crippen molar-refractivity contribution in [1.29, 1.82) is 0 Å². The van der Waals surface area contributed by atoms with Gasteiger partial charge in [-0.25, -0.2) is 8.42 Å². The highest BCUT2D eigenvalue weighted by Gasteiger charge is 2.43. The van der Waals surface area contributed by atoms with E-state index in [1.807, 2.05) is 4.90 Å². The molecule has 2 saturated carbocycles. The van der Waals surface area contributed by atoms with Gasteiger partial charge in [-0.05, 0) is 43.2 Å². The van der Waals surface area contributed by atoms with Gasteiger partial charge in [-0.15, -0.1) is 0 Å². The van der Waals surface area contributed by atoms with Crippen molar-refractivity contribution in [3.05, 3.63) is 28.3 Å². The van der Waals surface area contributed by atoms with Crippen LogP contribution in [0.15, 0.2) is 23.1 Å². The zero-order valence-corrected chi connectivity index (χ0v) is 15.8. The second-order valence-electron chi connectivity index (χ2n) is 7.92. The molecule has 0 radical (unpaired) electrons. The molecule has 0 N–H and O–H groups in total. The van der Waals surface area contributed by atoms with Crippen LogP contribution in [0.25, 0.3) is 0 Å². The largest absolute Gasteiger partial charge is 0.363 e. The van der Waals surface area contributed by atoms with Crippen molar-refractivity contribution in [3.8, 4) is 0 Å². The normalized spacial score (nSPS) is 29.3. The van der Waals surface area contributed by atoms with Crippen molar-refractivity contribution < 1.29 is 13.3 Å². The van der Waals surface area contributed by atoms with Crippen LogP contribution in [-0.4, -0.2) is 56.7 Å². The van der Waals surface area contributed by atoms with Crippen LogP contribution in [0.2, 0.25) is 0 Å². The van der Waals surface area contributed by atoms with Gasteiger partial charge in [0.05, 0.1) is 4.92 Å². The van der Waals surface area contributed by atoms with Gasteiger partial charge in [0, 0.05) is 38.5 Å². The van der Waals surface area contributed by atoms with E-state index in [1.165, 1.54) is 31.7 Å². The van der Waals surface area contributed by atoms with E-state index in [-0.39, 0.29) is 10.6 Å². The molecule has 7 nitrogen and oxygen atoms in total. The fourth-order valence-electron chi connectivity index (χ4n) is 5.20. The molecular formula is C18H25N3O4S. The lowest BCUT2D eigenvalue weighted by Crippen LogP contribution is -2.51. The first kappa shape index (κ1) is 17.7. The molecule has 2 bridgehead atoms. The fraction of sp³-hybridized carbons (Fsp3) is 0.667. The summed E-state index contributed by atoms with van der Waals surface area (Å²) in [5.41, 5.74) is 0.133. The number of nitro benzene ring substituents is 1. The van der Waals surface area contributed by atoms with Crippen molar-refractivity contribution in [2.45, 2.75) is 36.6 Å². The Morgan fingerprint density at radius 1 is 1.12 bits per heavy atom. The number of rotatable bonds is 4. The standard InChI is InChI=1S/C18H25N3O4S/c1-26(24,25)17-4-2-3-15(18(17)21(22)23)19-7-9-20(10-8-19)16-12-13-5-6-14(16)11-13/h2-4,13-14,16H,5-12H2,1H3. The van der Waals surface area contributed by atoms with Gasteiger partial charge in [-0.2, -0.15) is 0 Å². The topological polar surface area (TPSA) is 83.8 Å². The number of fused-ring (bicyclic) bond motifs is 2. The lowest BCUT2D eigenvalue weighted by Gasteiger charge is -2.41. The average Bonchev–Trinajstić information content (AvgIpc) is 3.24. The molecule has 26 heavy (non-hydrogen) atoms. The molecule has 1 heterocycles. The molecule has 8 heteroatoms. The smallest absolute Gasteiger partial charge is 0.311 e. The predicted molar refractivity (Wildman–Crippen MR) is 99.2 cm³/mol. The summed E-state index contributed by atoms with van der Waals surface area (Å²) in [6, 6.07) is 5.26. The van der Waals surface area contributed by atoms with Crippen LogP contribution in [0.1, 0.15) is 25.7 Å². The monoisotopic (exact) mass is 379 g/mol. The Balaban J connectivity index is 1.53. The molecule has 3 aliphatic rings. The molecular weight excluding hydrogens is 354 g/mol. The molecule has 3 fully saturated rings. The highest BCUT2D eigenvalue weighted by Crippen LogP contribution is 2.47. The van der Waals surface area contributed by atoms with Gasteiger partial charge < -0.3 is 4.90 Å². The van der Waals surface area contributed by atoms with Crippen LogP contribution in [0.3, 0.4) is 0 Å². The van der Waals surface area contributed by atoms with E-state index in [0.29, 0.717) is 24.8 Å². The van der Waals surface area contributed by atoms with Crippen LogP contribution < -0.4 is 4.90 Å². The molecule has 4 rings (SSSR count). The molecule has 1 saturated heterocycles. The first-order valence-corrected chi connectivity index (χ1v) is 11.2. The number of nitro groups is 1. The van der Waals surface area contributed by atoms with Crippen LogP contribution in [0.4, 0.5) is 11.4 Å². The number of anilines is 1. The number of nitrogens with zero attached hydrogens (tertiary/aromatic N) is 3. The maximum absolute atomic E-state index is 12.0. The third kappa shape index (κ3) is 3.09. The summed E-state index contributed by atoms with van der Waals surface area (Å²) >= 11 is 0. The van der Waals surface area contributed by atoms with E-state index in [0.717, 1.165) is 31.2 Å². The summed E-state index contributed by atoms with van der Waals surface area (Å²) in [6.45, 7) is 3.16. The Kier molecular flexibility index (Phi) is 4.43. The van der Waals surface area contributed by atoms with Crippen LogP contribution >= 0.6 is 0 Å². The number of benzene rings is 1. The maximum Gasteiger partial charge on any atom is 0.311 e. The predicted octanol–water partition coefficient (Wildman–Crippen LogP) is 2.31. The van der Waals surface area contributed by atoms with Crippen molar-refractivity contribution in [1.82, 2.24) is 4.90 Å². The third-order valence-electron chi connectivity index (χ3n) is 6.38. The molecule has 0 spiro atoms. The Labute approximate surface area is 154 Å². The molecule has 1 aliphatic heterocycles. The molecule has 3 unspecified atom stereocenters. The van der Waals surface area contributed by atoms with Crippen molar-refractivity contribution >= 4 is 21.2 Å². The third-order valence-corrected chi connectivity index (χ3v) is 7.51. The van der Waals surface area contributed by atoms with E-state index in [2.05, 4.69) is 4.90 Å². The van der Waals surface area contributed by atoms with Crippen LogP contribution in [0.5, 0.6) is 0 Å². The quantitative estimate of drug-likeness (QED) is 0.590. The highest BCUT2D eigenvalue weighted by molar-refractivity contribution is 7.90. The van der Waals surface area contributed by atoms with Crippen LogP contribution in [-0.2, 0) is 9.84 Å². The Morgan fingerprint density at radius 3 is 2.38 bits per heavy atom. The zero-order chi connectivity index (χ0) is 18.5. The second kappa shape index (κ2) is 6.49. The average molecular weight is 379 g/mol. The van der Waals surface area contributed by atoms with Crippen molar-refractivity contribution in [2.75, 3.05) is 37.3 Å². The molecule has 3 atom stereocenters. The first-order valence-electron chi connectivity index (χ1n) is 9.31. The number of hydrogen-bond acceptors (Lipinski definition) is 6. The summed E-state index contributed by atoms with van der Waals surface area (Å²) in [5.74, 6) is 1.73. The van der Waals surface area contributed by atoms with E-state index in [4.69, 9.17) is 0 Å². The zero-order valence-electron chi connectivity index (χ0n) is 15.0. The minimum Gasteiger partial charge on any atom is -0.363 e. The number of piperazine rings is 1. The Morgan fingerprint density at radius 2 is 1.85 bits per heavy atom. The molecule has 2 aliphatic carbocycles. The van der Waals surface area contributed by atoms with E-state index >= 15 is 0 Å². The van der Waals surface area contributed by atoms with Crippen molar-refractivity contribution in [2.24, 2.45) is 11.8 Å². The van der Waals surface area contributed by atoms with Gasteiger partial charge >= 0.3 is 5.69 Å². The summed E-state index contributed by atoms with van der Waals surface area (Å²) < 4.78 is 23.9. The second-order valence-corrected chi connectivity index (χ2v) is 9.90. The molecule has 1 aromatic rings. The van der Waals surface area contributed by atoms with E-state index in [9.17, 15) is 18.5 Å². The molecule has 142 valence electrons. The lowest BCUT2D eigenvalue weighted by molar-refractivity contribution is -0.387. The summed E-state index contributed by atoms with van der Waals surface area (Å²) in [5, 5.41) is 11.6. The lowest BCUT2D eigenvalue weighted by atomic mass is 9.93. The maximum atomic E-state index is 12.0. The summed E-state index contributed by atoms with van der Waals surface area (Å²) in [7, 11) is -3.65. The Bertz CT molecular complexity index is 818. The van der Waals surface area contributed by atoms with E-state index < -0.39 is 14.8 Å². The van der Waals surface area contributed by atoms with Gasteiger partial charge in [0.25, 0.3) is 0 Å². The SMILES string of the molecule is CS(=O)(=O)c1cccc(N2CCN(C3CC4CCC3C4)CC2)c1[N+](=O)[O-]. The van der Waals surface area contributed by atoms with Gasteiger partial charge in [0.2, 0.25) is 0 Å². The highest BCUT2D eigenvalue weighted by atomic mass is 32.2. The minimum atomic E-state index is -3.65. The minimum absolute atomic E-state index is 0.199. The molecule has 1 aromatic carbocycles. The number of hydrogen-bond donors (Lipinski definition) is 0. The number of para-hydroxylation sites is 1. The first-order chi connectivity index (χ1) is 12.3. The van der Waals surface area contributed by atoms with Gasteiger partial charge in [-0.3, -0.25) is 15.0 Å². The fourth-order valence-corrected chi connectivity index (χ4v) is 6.06.